The van der Waals surface area contributed by atoms with Crippen molar-refractivity contribution in [2.75, 3.05) is 6.61 Å². The molecule has 2 heterocycles. The average molecular weight is 499 g/mol. The number of ether oxygens (including phenoxy) is 1. The van der Waals surface area contributed by atoms with Crippen LogP contribution in [0.25, 0.3) is 0 Å². The number of unbranched alkanes of at least 4 members (excludes halogenated alkanes) is 1. The standard InChI is InChI=1S/C17H28N2O.C14H26N2/c1-11(2)19-10-18-16-7-5-13-14(6-8-17(16)19)15(13)9-20-12(3)4;1-12(2)16-10-13(15-11-16)8-6-7-9-14(3,4)5/h10-15H,5-9H2,1-4H3;10-12H,6-9H2,1-5H3. The Kier molecular flexibility index (Phi) is 10.3. The van der Waals surface area contributed by atoms with Crippen LogP contribution in [0.3, 0.4) is 0 Å². The van der Waals surface area contributed by atoms with Crippen molar-refractivity contribution in [1.82, 2.24) is 19.1 Å². The Morgan fingerprint density at radius 2 is 1.61 bits per heavy atom. The second-order valence-electron chi connectivity index (χ2n) is 13.3. The molecule has 2 aliphatic carbocycles. The summed E-state index contributed by atoms with van der Waals surface area (Å²) < 4.78 is 10.4. The predicted molar refractivity (Wildman–Crippen MR) is 150 cm³/mol. The van der Waals surface area contributed by atoms with Crippen molar-refractivity contribution in [2.45, 2.75) is 132 Å². The van der Waals surface area contributed by atoms with Gasteiger partial charge in [0.05, 0.1) is 36.8 Å². The van der Waals surface area contributed by atoms with Crippen LogP contribution in [0.5, 0.6) is 0 Å². The quantitative estimate of drug-likeness (QED) is 0.331. The lowest BCUT2D eigenvalue weighted by atomic mass is 9.89. The van der Waals surface area contributed by atoms with Crippen LogP contribution in [0.2, 0.25) is 0 Å². The Balaban J connectivity index is 0.000000207. The maximum absolute atomic E-state index is 5.84. The summed E-state index contributed by atoms with van der Waals surface area (Å²) in [5.41, 5.74) is 4.56. The number of hydrogen-bond acceptors (Lipinski definition) is 3. The van der Waals surface area contributed by atoms with E-state index in [9.17, 15) is 0 Å². The molecule has 0 aliphatic heterocycles. The number of aromatic nitrogens is 4. The molecule has 0 amide bonds. The van der Waals surface area contributed by atoms with Crippen molar-refractivity contribution < 1.29 is 4.74 Å². The largest absolute Gasteiger partial charge is 0.378 e. The monoisotopic (exact) mass is 498 g/mol. The van der Waals surface area contributed by atoms with E-state index in [0.29, 0.717) is 23.6 Å². The summed E-state index contributed by atoms with van der Waals surface area (Å²) in [5, 5.41) is 0. The summed E-state index contributed by atoms with van der Waals surface area (Å²) >= 11 is 0. The fraction of sp³-hybridized carbons (Fsp3) is 0.806. The number of hydrogen-bond donors (Lipinski definition) is 0. The van der Waals surface area contributed by atoms with Gasteiger partial charge < -0.3 is 13.9 Å². The van der Waals surface area contributed by atoms with Gasteiger partial charge in [-0.2, -0.15) is 0 Å². The van der Waals surface area contributed by atoms with Gasteiger partial charge in [-0.3, -0.25) is 0 Å². The first kappa shape index (κ1) is 28.9. The molecule has 3 atom stereocenters. The van der Waals surface area contributed by atoms with Gasteiger partial charge in [-0.05, 0) is 110 Å². The molecule has 1 saturated carbocycles. The van der Waals surface area contributed by atoms with Gasteiger partial charge in [0.15, 0.2) is 0 Å². The molecule has 2 aromatic rings. The molecular formula is C31H54N4O. The molecule has 0 aromatic carbocycles. The first-order valence-corrected chi connectivity index (χ1v) is 14.6. The van der Waals surface area contributed by atoms with Crippen molar-refractivity contribution in [1.29, 1.82) is 0 Å². The van der Waals surface area contributed by atoms with Crippen LogP contribution < -0.4 is 0 Å². The maximum atomic E-state index is 5.84. The molecular weight excluding hydrogens is 444 g/mol. The van der Waals surface area contributed by atoms with E-state index in [1.54, 1.807) is 0 Å². The lowest BCUT2D eigenvalue weighted by molar-refractivity contribution is 0.0656. The highest BCUT2D eigenvalue weighted by molar-refractivity contribution is 5.18. The summed E-state index contributed by atoms with van der Waals surface area (Å²) in [7, 11) is 0. The molecule has 2 aromatic heterocycles. The van der Waals surface area contributed by atoms with Crippen molar-refractivity contribution in [2.24, 2.45) is 23.2 Å². The number of imidazole rings is 2. The summed E-state index contributed by atoms with van der Waals surface area (Å²) in [6.07, 6.45) is 16.5. The van der Waals surface area contributed by atoms with Crippen molar-refractivity contribution in [3.63, 3.8) is 0 Å². The highest BCUT2D eigenvalue weighted by Crippen LogP contribution is 2.53. The van der Waals surface area contributed by atoms with Crippen LogP contribution in [0.4, 0.5) is 0 Å². The highest BCUT2D eigenvalue weighted by Gasteiger charge is 2.49. The van der Waals surface area contributed by atoms with Gasteiger partial charge in [-0.1, -0.05) is 27.2 Å². The van der Waals surface area contributed by atoms with Crippen LogP contribution in [0.1, 0.15) is 124 Å². The van der Waals surface area contributed by atoms with E-state index in [2.05, 4.69) is 87.6 Å². The fourth-order valence-electron chi connectivity index (χ4n) is 5.64. The minimum Gasteiger partial charge on any atom is -0.378 e. The molecule has 0 N–H and O–H groups in total. The maximum Gasteiger partial charge on any atom is 0.0954 e. The zero-order chi connectivity index (χ0) is 26.5. The van der Waals surface area contributed by atoms with E-state index >= 15 is 0 Å². The zero-order valence-electron chi connectivity index (χ0n) is 24.8. The molecule has 4 rings (SSSR count). The van der Waals surface area contributed by atoms with Gasteiger partial charge >= 0.3 is 0 Å². The molecule has 2 aliphatic rings. The molecule has 0 spiro atoms. The third kappa shape index (κ3) is 8.46. The average Bonchev–Trinajstić information content (AvgIpc) is 3.10. The lowest BCUT2D eigenvalue weighted by Crippen LogP contribution is -2.08. The summed E-state index contributed by atoms with van der Waals surface area (Å²) in [4.78, 5) is 9.10. The second kappa shape index (κ2) is 12.8. The van der Waals surface area contributed by atoms with Crippen molar-refractivity contribution >= 4 is 0 Å². The molecule has 204 valence electrons. The molecule has 5 heteroatoms. The number of fused-ring (bicyclic) bond motifs is 2. The molecule has 0 bridgehead atoms. The number of aryl methyl sites for hydroxylation is 2. The minimum atomic E-state index is 0.367. The second-order valence-corrected chi connectivity index (χ2v) is 13.3. The Labute approximate surface area is 221 Å². The van der Waals surface area contributed by atoms with E-state index in [4.69, 9.17) is 4.74 Å². The SMILES string of the molecule is CC(C)OCC1C2CCc3ncn(C(C)C)c3CCC21.CC(C)n1cnc(CCCCC(C)(C)C)c1. The Morgan fingerprint density at radius 1 is 0.917 bits per heavy atom. The predicted octanol–water partition coefficient (Wildman–Crippen LogP) is 7.85. The van der Waals surface area contributed by atoms with E-state index in [1.165, 1.54) is 55.6 Å². The third-order valence-corrected chi connectivity index (χ3v) is 7.96. The number of nitrogens with zero attached hydrogens (tertiary/aromatic N) is 4. The molecule has 36 heavy (non-hydrogen) atoms. The topological polar surface area (TPSA) is 44.9 Å². The zero-order valence-corrected chi connectivity index (χ0v) is 24.8. The minimum absolute atomic E-state index is 0.367. The smallest absolute Gasteiger partial charge is 0.0954 e. The van der Waals surface area contributed by atoms with E-state index in [-0.39, 0.29) is 0 Å². The van der Waals surface area contributed by atoms with E-state index in [0.717, 1.165) is 37.2 Å². The summed E-state index contributed by atoms with van der Waals surface area (Å²) in [5.74, 6) is 2.61. The first-order chi connectivity index (χ1) is 17.0. The fourth-order valence-corrected chi connectivity index (χ4v) is 5.64. The Morgan fingerprint density at radius 3 is 2.19 bits per heavy atom. The Bertz CT molecular complexity index is 917. The van der Waals surface area contributed by atoms with Crippen molar-refractivity contribution in [3.05, 3.63) is 35.9 Å². The number of rotatable bonds is 9. The highest BCUT2D eigenvalue weighted by atomic mass is 16.5. The van der Waals surface area contributed by atoms with E-state index < -0.39 is 0 Å². The van der Waals surface area contributed by atoms with Crippen LogP contribution in [-0.2, 0) is 24.0 Å². The first-order valence-electron chi connectivity index (χ1n) is 14.6. The molecule has 0 radical (unpaired) electrons. The molecule has 1 fully saturated rings. The van der Waals surface area contributed by atoms with Gasteiger partial charge in [-0.25, -0.2) is 9.97 Å². The van der Waals surface area contributed by atoms with Crippen molar-refractivity contribution in [3.8, 4) is 0 Å². The van der Waals surface area contributed by atoms with E-state index in [1.807, 2.05) is 12.7 Å². The van der Waals surface area contributed by atoms with Crippen LogP contribution in [0, 0.1) is 23.2 Å². The summed E-state index contributed by atoms with van der Waals surface area (Å²) in [6.45, 7) is 21.0. The van der Waals surface area contributed by atoms with Gasteiger partial charge in [0.2, 0.25) is 0 Å². The lowest BCUT2D eigenvalue weighted by Gasteiger charge is -2.17. The molecule has 5 nitrogen and oxygen atoms in total. The molecule has 3 unspecified atom stereocenters. The van der Waals surface area contributed by atoms with Gasteiger partial charge in [0.1, 0.15) is 0 Å². The summed E-state index contributed by atoms with van der Waals surface area (Å²) in [6, 6.07) is 1.05. The van der Waals surface area contributed by atoms with Crippen LogP contribution in [-0.4, -0.2) is 31.8 Å². The normalized spacial score (nSPS) is 21.6. The molecule has 0 saturated heterocycles. The Hall–Kier alpha value is -1.62. The van der Waals surface area contributed by atoms with Gasteiger partial charge in [0.25, 0.3) is 0 Å². The van der Waals surface area contributed by atoms with Gasteiger partial charge in [-0.15, -0.1) is 0 Å². The third-order valence-electron chi connectivity index (χ3n) is 7.96. The van der Waals surface area contributed by atoms with Crippen LogP contribution in [0.15, 0.2) is 18.9 Å². The van der Waals surface area contributed by atoms with Gasteiger partial charge in [0, 0.05) is 24.0 Å². The van der Waals surface area contributed by atoms with Crippen LogP contribution >= 0.6 is 0 Å².